The third-order valence-electron chi connectivity index (χ3n) is 3.02. The molecule has 22 heavy (non-hydrogen) atoms. The monoisotopic (exact) mass is 338 g/mol. The van der Waals surface area contributed by atoms with Crippen molar-refractivity contribution in [2.45, 2.75) is 11.8 Å². The highest BCUT2D eigenvalue weighted by atomic mass is 35.5. The van der Waals surface area contributed by atoms with Gasteiger partial charge >= 0.3 is 0 Å². The molecular formula is C13H11ClN4O3S. The molecule has 0 amide bonds. The summed E-state index contributed by atoms with van der Waals surface area (Å²) in [6.45, 7) is 1.85. The molecule has 7 nitrogen and oxygen atoms in total. The number of nitrogens with one attached hydrogen (secondary N) is 1. The molecule has 0 aliphatic carbocycles. The van der Waals surface area contributed by atoms with Gasteiger partial charge in [0.2, 0.25) is 0 Å². The fourth-order valence-corrected chi connectivity index (χ4v) is 3.35. The average molecular weight is 339 g/mol. The maximum atomic E-state index is 12.3. The Morgan fingerprint density at radius 3 is 2.86 bits per heavy atom. The van der Waals surface area contributed by atoms with Crippen molar-refractivity contribution in [2.24, 2.45) is 0 Å². The van der Waals surface area contributed by atoms with Gasteiger partial charge in [0.25, 0.3) is 10.0 Å². The van der Waals surface area contributed by atoms with Gasteiger partial charge < -0.3 is 5.11 Å². The molecule has 0 radical (unpaired) electrons. The van der Waals surface area contributed by atoms with Crippen LogP contribution in [-0.2, 0) is 10.0 Å². The first-order valence-corrected chi connectivity index (χ1v) is 8.05. The molecule has 3 rings (SSSR count). The van der Waals surface area contributed by atoms with E-state index >= 15 is 0 Å². The van der Waals surface area contributed by atoms with Crippen LogP contribution in [0.3, 0.4) is 0 Å². The Kier molecular flexibility index (Phi) is 3.42. The fraction of sp³-hybridized carbons (Fsp3) is 0.0769. The predicted octanol–water partition coefficient (Wildman–Crippen LogP) is 2.20. The highest BCUT2D eigenvalue weighted by Crippen LogP contribution is 2.31. The lowest BCUT2D eigenvalue weighted by Gasteiger charge is -2.10. The molecule has 0 bridgehead atoms. The van der Waals surface area contributed by atoms with E-state index in [9.17, 15) is 13.5 Å². The first-order valence-electron chi connectivity index (χ1n) is 6.19. The van der Waals surface area contributed by atoms with Crippen LogP contribution < -0.4 is 4.72 Å². The van der Waals surface area contributed by atoms with E-state index in [-0.39, 0.29) is 15.6 Å². The summed E-state index contributed by atoms with van der Waals surface area (Å²) >= 11 is 5.74. The van der Waals surface area contributed by atoms with Gasteiger partial charge in [-0.15, -0.1) is 0 Å². The number of nitrogens with zero attached hydrogens (tertiary/aromatic N) is 3. The van der Waals surface area contributed by atoms with Gasteiger partial charge in [-0.05, 0) is 19.1 Å². The number of anilines is 1. The van der Waals surface area contributed by atoms with Crippen LogP contribution >= 0.6 is 11.6 Å². The zero-order chi connectivity index (χ0) is 15.9. The summed E-state index contributed by atoms with van der Waals surface area (Å²) in [5, 5.41) is 13.8. The number of sulfonamides is 1. The molecular weight excluding hydrogens is 328 g/mol. The topological polar surface area (TPSA) is 96.6 Å². The van der Waals surface area contributed by atoms with E-state index < -0.39 is 15.8 Å². The lowest BCUT2D eigenvalue weighted by Crippen LogP contribution is -2.14. The minimum absolute atomic E-state index is 0.0425. The van der Waals surface area contributed by atoms with Crippen molar-refractivity contribution < 1.29 is 13.5 Å². The van der Waals surface area contributed by atoms with Crippen LogP contribution in [0.15, 0.2) is 41.7 Å². The van der Waals surface area contributed by atoms with Crippen LogP contribution in [0.25, 0.3) is 5.65 Å². The van der Waals surface area contributed by atoms with E-state index in [1.807, 2.05) is 6.92 Å². The maximum Gasteiger partial charge on any atom is 0.265 e. The summed E-state index contributed by atoms with van der Waals surface area (Å²) in [4.78, 5) is 3.83. The number of aryl methyl sites for hydroxylation is 1. The van der Waals surface area contributed by atoms with Crippen molar-refractivity contribution in [3.05, 3.63) is 47.4 Å². The molecule has 0 aliphatic heterocycles. The standard InChI is InChI=1S/C13H11ClN4O3S/c1-8-5-16-18-7-9(6-15-13(8)18)17-22(20,21)11-4-2-3-10(14)12(11)19/h2-7,17,19H,1H3. The minimum atomic E-state index is -3.99. The van der Waals surface area contributed by atoms with E-state index in [1.54, 1.807) is 6.20 Å². The van der Waals surface area contributed by atoms with Crippen LogP contribution in [0, 0.1) is 6.92 Å². The molecule has 3 aromatic rings. The number of aromatic hydroxyl groups is 1. The molecule has 0 fully saturated rings. The molecule has 2 heterocycles. The summed E-state index contributed by atoms with van der Waals surface area (Å²) in [5.74, 6) is -0.499. The Balaban J connectivity index is 2.01. The zero-order valence-electron chi connectivity index (χ0n) is 11.4. The predicted molar refractivity (Wildman–Crippen MR) is 81.6 cm³/mol. The molecule has 0 atom stereocenters. The van der Waals surface area contributed by atoms with Crippen molar-refractivity contribution >= 4 is 33.0 Å². The third-order valence-corrected chi connectivity index (χ3v) is 4.74. The molecule has 1 aromatic carbocycles. The molecule has 9 heteroatoms. The molecule has 0 saturated heterocycles. The van der Waals surface area contributed by atoms with Gasteiger partial charge in [0.05, 0.1) is 29.3 Å². The molecule has 0 unspecified atom stereocenters. The Morgan fingerprint density at radius 2 is 2.09 bits per heavy atom. The first kappa shape index (κ1) is 14.6. The Morgan fingerprint density at radius 1 is 1.32 bits per heavy atom. The van der Waals surface area contributed by atoms with E-state index in [2.05, 4.69) is 14.8 Å². The van der Waals surface area contributed by atoms with Gasteiger partial charge in [-0.3, -0.25) is 4.72 Å². The van der Waals surface area contributed by atoms with E-state index in [4.69, 9.17) is 11.6 Å². The molecule has 0 spiro atoms. The van der Waals surface area contributed by atoms with E-state index in [0.29, 0.717) is 5.65 Å². The normalized spacial score (nSPS) is 11.7. The molecule has 2 N–H and O–H groups in total. The smallest absolute Gasteiger partial charge is 0.265 e. The lowest BCUT2D eigenvalue weighted by molar-refractivity contribution is 0.459. The Labute approximate surface area is 131 Å². The second-order valence-corrected chi connectivity index (χ2v) is 6.69. The van der Waals surface area contributed by atoms with Gasteiger partial charge in [0.1, 0.15) is 4.90 Å². The number of para-hydroxylation sites is 1. The zero-order valence-corrected chi connectivity index (χ0v) is 12.9. The third kappa shape index (κ3) is 2.46. The molecule has 0 saturated carbocycles. The number of fused-ring (bicyclic) bond motifs is 1. The highest BCUT2D eigenvalue weighted by molar-refractivity contribution is 7.92. The summed E-state index contributed by atoms with van der Waals surface area (Å²) < 4.78 is 28.5. The summed E-state index contributed by atoms with van der Waals surface area (Å²) in [6.07, 6.45) is 4.50. The quantitative estimate of drug-likeness (QED) is 0.763. The SMILES string of the molecule is Cc1cnn2cc(NS(=O)(=O)c3cccc(Cl)c3O)cnc12. The minimum Gasteiger partial charge on any atom is -0.505 e. The number of hydrogen-bond acceptors (Lipinski definition) is 5. The second-order valence-electron chi connectivity index (χ2n) is 4.63. The molecule has 114 valence electrons. The van der Waals surface area contributed by atoms with Crippen molar-refractivity contribution in [3.8, 4) is 5.75 Å². The van der Waals surface area contributed by atoms with Gasteiger partial charge in [-0.1, -0.05) is 17.7 Å². The van der Waals surface area contributed by atoms with Crippen molar-refractivity contribution in [1.82, 2.24) is 14.6 Å². The summed E-state index contributed by atoms with van der Waals surface area (Å²) in [5.41, 5.74) is 1.73. The number of phenols is 1. The fourth-order valence-electron chi connectivity index (χ4n) is 1.97. The second kappa shape index (κ2) is 5.15. The molecule has 2 aromatic heterocycles. The van der Waals surface area contributed by atoms with Crippen molar-refractivity contribution in [3.63, 3.8) is 0 Å². The number of halogens is 1. The average Bonchev–Trinajstić information content (AvgIpc) is 2.82. The number of phenolic OH excluding ortho intramolecular Hbond substituents is 1. The van der Waals surface area contributed by atoms with Gasteiger partial charge in [-0.2, -0.15) is 5.10 Å². The van der Waals surface area contributed by atoms with Crippen LogP contribution in [0.4, 0.5) is 5.69 Å². The first-order chi connectivity index (χ1) is 10.4. The number of aromatic nitrogens is 3. The van der Waals surface area contributed by atoms with E-state index in [1.165, 1.54) is 35.1 Å². The van der Waals surface area contributed by atoms with Gasteiger partial charge in [0.15, 0.2) is 11.4 Å². The van der Waals surface area contributed by atoms with Gasteiger partial charge in [0, 0.05) is 5.56 Å². The molecule has 0 aliphatic rings. The van der Waals surface area contributed by atoms with Crippen LogP contribution in [0.2, 0.25) is 5.02 Å². The highest BCUT2D eigenvalue weighted by Gasteiger charge is 2.20. The number of rotatable bonds is 3. The number of benzene rings is 1. The summed E-state index contributed by atoms with van der Waals surface area (Å²) in [7, 11) is -3.99. The lowest BCUT2D eigenvalue weighted by atomic mass is 10.3. The summed E-state index contributed by atoms with van der Waals surface area (Å²) in [6, 6.07) is 4.10. The van der Waals surface area contributed by atoms with Crippen molar-refractivity contribution in [1.29, 1.82) is 0 Å². The van der Waals surface area contributed by atoms with E-state index in [0.717, 1.165) is 5.56 Å². The maximum absolute atomic E-state index is 12.3. The Bertz CT molecular complexity index is 969. The Hall–Kier alpha value is -2.32. The van der Waals surface area contributed by atoms with Gasteiger partial charge in [-0.25, -0.2) is 17.9 Å². The number of hydrogen-bond donors (Lipinski definition) is 2. The van der Waals surface area contributed by atoms with Crippen molar-refractivity contribution in [2.75, 3.05) is 4.72 Å². The largest absolute Gasteiger partial charge is 0.505 e. The van der Waals surface area contributed by atoms with Crippen LogP contribution in [0.1, 0.15) is 5.56 Å². The van der Waals surface area contributed by atoms with Crippen LogP contribution in [-0.4, -0.2) is 28.1 Å². The van der Waals surface area contributed by atoms with Crippen LogP contribution in [0.5, 0.6) is 5.75 Å².